The lowest BCUT2D eigenvalue weighted by Crippen LogP contribution is -2.43. The molecular weight excluding hydrogens is 411 g/mol. The molecule has 1 heterocycles. The number of aliphatic hydroxyl groups excluding tert-OH is 1. The quantitative estimate of drug-likeness (QED) is 0.565. The van der Waals surface area contributed by atoms with E-state index in [1.54, 1.807) is 23.5 Å². The number of anilines is 1. The van der Waals surface area contributed by atoms with Crippen LogP contribution in [-0.4, -0.2) is 49.3 Å². The van der Waals surface area contributed by atoms with Crippen molar-refractivity contribution in [2.24, 2.45) is 0 Å². The van der Waals surface area contributed by atoms with Crippen LogP contribution in [0.5, 0.6) is 0 Å². The molecule has 0 bridgehead atoms. The Kier molecular flexibility index (Phi) is 7.57. The van der Waals surface area contributed by atoms with E-state index in [-0.39, 0.29) is 17.1 Å². The van der Waals surface area contributed by atoms with Gasteiger partial charge in [0.1, 0.15) is 18.6 Å². The second-order valence-corrected chi connectivity index (χ2v) is 8.09. The summed E-state index contributed by atoms with van der Waals surface area (Å²) in [6.07, 6.45) is -3.37. The standard InChI is InChI=1S/C18H20F3N3O4S/c1-2-29(27,28)24-15-8-7-13(10-22-15)11-3-5-12(6-4-11)16(25)14(9-19)23-18(26)17(20)21/h3-8,10,14,16-17,25H,2,9H2,1H3,(H,22,24)(H,23,26)/t14-,16-/m1/s1. The molecule has 0 saturated carbocycles. The molecule has 0 aliphatic carbocycles. The average molecular weight is 431 g/mol. The smallest absolute Gasteiger partial charge is 0.315 e. The highest BCUT2D eigenvalue weighted by atomic mass is 32.2. The highest BCUT2D eigenvalue weighted by molar-refractivity contribution is 7.92. The van der Waals surface area contributed by atoms with E-state index in [1.807, 2.05) is 0 Å². The SMILES string of the molecule is CCS(=O)(=O)Nc1ccc(-c2ccc([C@@H](O)[C@@H](CF)NC(=O)C(F)F)cc2)cn1. The third-order valence-electron chi connectivity index (χ3n) is 4.06. The molecule has 158 valence electrons. The fourth-order valence-corrected chi connectivity index (χ4v) is 2.99. The van der Waals surface area contributed by atoms with Crippen molar-refractivity contribution < 1.29 is 31.5 Å². The Hall–Kier alpha value is -2.66. The number of sulfonamides is 1. The van der Waals surface area contributed by atoms with E-state index in [0.717, 1.165) is 0 Å². The number of nitrogens with zero attached hydrogens (tertiary/aromatic N) is 1. The van der Waals surface area contributed by atoms with E-state index in [2.05, 4.69) is 9.71 Å². The van der Waals surface area contributed by atoms with Crippen LogP contribution in [0.4, 0.5) is 19.0 Å². The lowest BCUT2D eigenvalue weighted by atomic mass is 9.99. The molecule has 0 radical (unpaired) electrons. The van der Waals surface area contributed by atoms with Crippen molar-refractivity contribution in [2.45, 2.75) is 25.5 Å². The van der Waals surface area contributed by atoms with Gasteiger partial charge in [-0.3, -0.25) is 9.52 Å². The van der Waals surface area contributed by atoms with Gasteiger partial charge in [-0.2, -0.15) is 8.78 Å². The van der Waals surface area contributed by atoms with Crippen LogP contribution < -0.4 is 10.0 Å². The summed E-state index contributed by atoms with van der Waals surface area (Å²) >= 11 is 0. The van der Waals surface area contributed by atoms with Gasteiger partial charge < -0.3 is 10.4 Å². The van der Waals surface area contributed by atoms with E-state index in [4.69, 9.17) is 0 Å². The van der Waals surface area contributed by atoms with Crippen LogP contribution in [0.1, 0.15) is 18.6 Å². The molecule has 11 heteroatoms. The lowest BCUT2D eigenvalue weighted by molar-refractivity contribution is -0.133. The molecule has 0 aliphatic heterocycles. The third kappa shape index (κ3) is 6.16. The van der Waals surface area contributed by atoms with Crippen molar-refractivity contribution in [3.05, 3.63) is 48.2 Å². The number of alkyl halides is 3. The number of pyridine rings is 1. The molecule has 7 nitrogen and oxygen atoms in total. The Balaban J connectivity index is 2.12. The summed E-state index contributed by atoms with van der Waals surface area (Å²) in [5, 5.41) is 11.9. The van der Waals surface area contributed by atoms with Gasteiger partial charge in [0.05, 0.1) is 11.8 Å². The van der Waals surface area contributed by atoms with Crippen molar-refractivity contribution in [1.82, 2.24) is 10.3 Å². The van der Waals surface area contributed by atoms with Gasteiger partial charge in [-0.25, -0.2) is 17.8 Å². The summed E-state index contributed by atoms with van der Waals surface area (Å²) in [5.74, 6) is -1.57. The van der Waals surface area contributed by atoms with Crippen LogP contribution >= 0.6 is 0 Å². The molecule has 1 aromatic heterocycles. The number of amides is 1. The zero-order valence-corrected chi connectivity index (χ0v) is 16.2. The first kappa shape index (κ1) is 22.6. The third-order valence-corrected chi connectivity index (χ3v) is 5.34. The predicted molar refractivity (Wildman–Crippen MR) is 102 cm³/mol. The number of carbonyl (C=O) groups is 1. The molecule has 2 rings (SSSR count). The fourth-order valence-electron chi connectivity index (χ4n) is 2.41. The Bertz CT molecular complexity index is 922. The van der Waals surface area contributed by atoms with Crippen LogP contribution in [0, 0.1) is 0 Å². The van der Waals surface area contributed by atoms with Crippen molar-refractivity contribution in [1.29, 1.82) is 0 Å². The highest BCUT2D eigenvalue weighted by Gasteiger charge is 2.26. The molecule has 0 spiro atoms. The van der Waals surface area contributed by atoms with Crippen LogP contribution in [-0.2, 0) is 14.8 Å². The minimum Gasteiger partial charge on any atom is -0.386 e. The molecule has 0 unspecified atom stereocenters. The number of halogens is 3. The summed E-state index contributed by atoms with van der Waals surface area (Å²) in [6, 6.07) is 7.74. The molecular formula is C18H20F3N3O4S. The minimum atomic E-state index is -3.44. The van der Waals surface area contributed by atoms with Gasteiger partial charge in [0.15, 0.2) is 0 Å². The summed E-state index contributed by atoms with van der Waals surface area (Å²) in [5.41, 5.74) is 1.55. The molecule has 0 fully saturated rings. The monoisotopic (exact) mass is 431 g/mol. The van der Waals surface area contributed by atoms with Gasteiger partial charge >= 0.3 is 6.43 Å². The lowest BCUT2D eigenvalue weighted by Gasteiger charge is -2.22. The topological polar surface area (TPSA) is 108 Å². The summed E-state index contributed by atoms with van der Waals surface area (Å²) in [4.78, 5) is 15.1. The molecule has 0 aliphatic rings. The van der Waals surface area contributed by atoms with Crippen molar-refractivity contribution in [3.8, 4) is 11.1 Å². The van der Waals surface area contributed by atoms with Crippen molar-refractivity contribution >= 4 is 21.7 Å². The Morgan fingerprint density at radius 1 is 1.14 bits per heavy atom. The number of aliphatic hydroxyl groups is 1. The molecule has 2 atom stereocenters. The van der Waals surface area contributed by atoms with Gasteiger partial charge in [-0.05, 0) is 30.2 Å². The van der Waals surface area contributed by atoms with Crippen LogP contribution in [0.2, 0.25) is 0 Å². The van der Waals surface area contributed by atoms with E-state index < -0.39 is 41.2 Å². The van der Waals surface area contributed by atoms with E-state index in [9.17, 15) is 31.5 Å². The Morgan fingerprint density at radius 2 is 1.76 bits per heavy atom. The van der Waals surface area contributed by atoms with Gasteiger partial charge in [0.2, 0.25) is 10.0 Å². The van der Waals surface area contributed by atoms with Crippen molar-refractivity contribution in [2.75, 3.05) is 17.1 Å². The van der Waals surface area contributed by atoms with Crippen LogP contribution in [0.3, 0.4) is 0 Å². The summed E-state index contributed by atoms with van der Waals surface area (Å²) in [7, 11) is -3.44. The fraction of sp³-hybridized carbons (Fsp3) is 0.333. The first-order chi connectivity index (χ1) is 13.7. The minimum absolute atomic E-state index is 0.0855. The van der Waals surface area contributed by atoms with Gasteiger partial charge in [-0.15, -0.1) is 0 Å². The molecule has 1 aromatic carbocycles. The van der Waals surface area contributed by atoms with E-state index in [1.165, 1.54) is 31.3 Å². The van der Waals surface area contributed by atoms with Crippen LogP contribution in [0.15, 0.2) is 42.6 Å². The zero-order chi connectivity index (χ0) is 21.6. The maximum Gasteiger partial charge on any atom is 0.315 e. The zero-order valence-electron chi connectivity index (χ0n) is 15.3. The predicted octanol–water partition coefficient (Wildman–Crippen LogP) is 2.26. The highest BCUT2D eigenvalue weighted by Crippen LogP contribution is 2.24. The molecule has 2 aromatic rings. The second-order valence-electron chi connectivity index (χ2n) is 6.07. The van der Waals surface area contributed by atoms with Gasteiger partial charge in [-0.1, -0.05) is 24.3 Å². The first-order valence-electron chi connectivity index (χ1n) is 8.56. The number of rotatable bonds is 9. The normalized spacial score (nSPS) is 13.7. The van der Waals surface area contributed by atoms with Crippen LogP contribution in [0.25, 0.3) is 11.1 Å². The number of nitrogens with one attached hydrogen (secondary N) is 2. The summed E-state index contributed by atoms with van der Waals surface area (Å²) < 4.78 is 63.1. The van der Waals surface area contributed by atoms with E-state index in [0.29, 0.717) is 11.1 Å². The maximum atomic E-state index is 13.1. The second kappa shape index (κ2) is 9.70. The number of benzene rings is 1. The average Bonchev–Trinajstić information content (AvgIpc) is 2.71. The number of hydrogen-bond acceptors (Lipinski definition) is 5. The Morgan fingerprint density at radius 3 is 2.24 bits per heavy atom. The van der Waals surface area contributed by atoms with E-state index >= 15 is 0 Å². The largest absolute Gasteiger partial charge is 0.386 e. The molecule has 1 amide bonds. The van der Waals surface area contributed by atoms with Gasteiger partial charge in [0.25, 0.3) is 5.91 Å². The maximum absolute atomic E-state index is 13.1. The van der Waals surface area contributed by atoms with Crippen molar-refractivity contribution in [3.63, 3.8) is 0 Å². The molecule has 3 N–H and O–H groups in total. The molecule has 0 saturated heterocycles. The first-order valence-corrected chi connectivity index (χ1v) is 10.2. The Labute approximate surface area is 166 Å². The summed E-state index contributed by atoms with van der Waals surface area (Å²) in [6.45, 7) is 0.277. The number of aromatic nitrogens is 1. The van der Waals surface area contributed by atoms with Gasteiger partial charge in [0, 0.05) is 11.8 Å². The molecule has 29 heavy (non-hydrogen) atoms. The number of carbonyl (C=O) groups excluding carboxylic acids is 1. The number of hydrogen-bond donors (Lipinski definition) is 3.